The predicted octanol–water partition coefficient (Wildman–Crippen LogP) is 3.39. The van der Waals surface area contributed by atoms with Gasteiger partial charge in [0.1, 0.15) is 0 Å². The summed E-state index contributed by atoms with van der Waals surface area (Å²) in [6.45, 7) is 4.38. The van der Waals surface area contributed by atoms with Gasteiger partial charge in [-0.2, -0.15) is 0 Å². The number of hydrogen-bond donors (Lipinski definition) is 1. The number of pyridine rings is 1. The Morgan fingerprint density at radius 3 is 2.70 bits per heavy atom. The van der Waals surface area contributed by atoms with Crippen LogP contribution in [0.5, 0.6) is 0 Å². The van der Waals surface area contributed by atoms with Crippen LogP contribution in [0.25, 0.3) is 5.57 Å². The maximum absolute atomic E-state index is 5.79. The van der Waals surface area contributed by atoms with Crippen LogP contribution >= 0.6 is 0 Å². The van der Waals surface area contributed by atoms with Crippen molar-refractivity contribution in [3.05, 3.63) is 29.6 Å². The van der Waals surface area contributed by atoms with Gasteiger partial charge in [0.15, 0.2) is 0 Å². The van der Waals surface area contributed by atoms with Crippen molar-refractivity contribution in [3.63, 3.8) is 0 Å². The highest BCUT2D eigenvalue weighted by molar-refractivity contribution is 5.67. The molecule has 3 nitrogen and oxygen atoms in total. The molecule has 1 saturated carbocycles. The van der Waals surface area contributed by atoms with E-state index in [1.165, 1.54) is 49.8 Å². The van der Waals surface area contributed by atoms with Gasteiger partial charge in [0.05, 0.1) is 17.6 Å². The minimum atomic E-state index is 0.756. The fourth-order valence-electron chi connectivity index (χ4n) is 3.61. The summed E-state index contributed by atoms with van der Waals surface area (Å²) < 4.78 is 0. The van der Waals surface area contributed by atoms with Gasteiger partial charge in [-0.15, -0.1) is 0 Å². The minimum absolute atomic E-state index is 0.756. The van der Waals surface area contributed by atoms with Gasteiger partial charge in [-0.1, -0.05) is 25.3 Å². The Kier molecular flexibility index (Phi) is 4.06. The van der Waals surface area contributed by atoms with E-state index in [0.717, 1.165) is 30.4 Å². The van der Waals surface area contributed by atoms with Gasteiger partial charge in [-0.05, 0) is 43.4 Å². The van der Waals surface area contributed by atoms with Crippen LogP contribution in [-0.4, -0.2) is 29.0 Å². The molecule has 0 bridgehead atoms. The molecule has 1 aromatic heterocycles. The highest BCUT2D eigenvalue weighted by Crippen LogP contribution is 2.28. The summed E-state index contributed by atoms with van der Waals surface area (Å²) in [6, 6.07) is 2.85. The summed E-state index contributed by atoms with van der Waals surface area (Å²) >= 11 is 0. The predicted molar refractivity (Wildman–Crippen MR) is 84.4 cm³/mol. The molecule has 1 fully saturated rings. The molecule has 0 saturated heterocycles. The zero-order valence-electron chi connectivity index (χ0n) is 12.4. The normalized spacial score (nSPS) is 21.8. The molecule has 0 unspecified atom stereocenters. The first-order valence-electron chi connectivity index (χ1n) is 7.89. The van der Waals surface area contributed by atoms with Crippen LogP contribution in [0, 0.1) is 6.92 Å². The van der Waals surface area contributed by atoms with Crippen LogP contribution in [0.2, 0.25) is 0 Å². The van der Waals surface area contributed by atoms with Crippen LogP contribution in [0.3, 0.4) is 0 Å². The van der Waals surface area contributed by atoms with Crippen molar-refractivity contribution in [2.75, 3.05) is 18.8 Å². The third-order valence-electron chi connectivity index (χ3n) is 4.74. The van der Waals surface area contributed by atoms with Crippen molar-refractivity contribution in [1.82, 2.24) is 9.88 Å². The van der Waals surface area contributed by atoms with E-state index in [4.69, 9.17) is 5.73 Å². The Hall–Kier alpha value is -1.35. The molecule has 0 amide bonds. The van der Waals surface area contributed by atoms with Gasteiger partial charge in [0, 0.05) is 19.1 Å². The maximum Gasteiger partial charge on any atom is 0.0690 e. The summed E-state index contributed by atoms with van der Waals surface area (Å²) in [5, 5.41) is 0. The van der Waals surface area contributed by atoms with Crippen molar-refractivity contribution in [3.8, 4) is 0 Å². The number of nitrogens with two attached hydrogens (primary N) is 1. The van der Waals surface area contributed by atoms with E-state index in [-0.39, 0.29) is 0 Å². The van der Waals surface area contributed by atoms with Gasteiger partial charge < -0.3 is 5.73 Å². The Labute approximate surface area is 121 Å². The lowest BCUT2D eigenvalue weighted by Gasteiger charge is -2.36. The quantitative estimate of drug-likeness (QED) is 0.896. The lowest BCUT2D eigenvalue weighted by molar-refractivity contribution is 0.171. The molecule has 1 aromatic rings. The molecule has 0 radical (unpaired) electrons. The molecule has 2 heterocycles. The zero-order chi connectivity index (χ0) is 13.9. The molecule has 3 heteroatoms. The Bertz CT molecular complexity index is 501. The average Bonchev–Trinajstić information content (AvgIpc) is 2.48. The lowest BCUT2D eigenvalue weighted by atomic mass is 9.92. The van der Waals surface area contributed by atoms with Crippen LogP contribution in [0.1, 0.15) is 49.8 Å². The topological polar surface area (TPSA) is 42.1 Å². The largest absolute Gasteiger partial charge is 0.397 e. The number of nitrogen functional groups attached to an aromatic ring is 1. The van der Waals surface area contributed by atoms with Crippen LogP contribution in [0.15, 0.2) is 18.3 Å². The molecule has 2 N–H and O–H groups in total. The van der Waals surface area contributed by atoms with E-state index in [0.29, 0.717) is 0 Å². The highest BCUT2D eigenvalue weighted by atomic mass is 15.2. The van der Waals surface area contributed by atoms with Crippen LogP contribution in [0.4, 0.5) is 5.69 Å². The number of aryl methyl sites for hydroxylation is 1. The number of hydrogen-bond acceptors (Lipinski definition) is 3. The zero-order valence-corrected chi connectivity index (χ0v) is 12.4. The first kappa shape index (κ1) is 13.6. The first-order chi connectivity index (χ1) is 9.74. The van der Waals surface area contributed by atoms with Gasteiger partial charge in [0.2, 0.25) is 0 Å². The maximum atomic E-state index is 5.79. The summed E-state index contributed by atoms with van der Waals surface area (Å²) in [4.78, 5) is 7.19. The number of rotatable bonds is 2. The van der Waals surface area contributed by atoms with Crippen molar-refractivity contribution < 1.29 is 0 Å². The first-order valence-corrected chi connectivity index (χ1v) is 7.89. The van der Waals surface area contributed by atoms with E-state index in [1.54, 1.807) is 6.20 Å². The number of anilines is 1. The van der Waals surface area contributed by atoms with Crippen molar-refractivity contribution in [1.29, 1.82) is 0 Å². The third-order valence-corrected chi connectivity index (χ3v) is 4.74. The van der Waals surface area contributed by atoms with E-state index >= 15 is 0 Å². The van der Waals surface area contributed by atoms with Crippen molar-refractivity contribution in [2.24, 2.45) is 0 Å². The third kappa shape index (κ3) is 2.88. The molecule has 2 aliphatic rings. The van der Waals surface area contributed by atoms with Gasteiger partial charge in [-0.3, -0.25) is 9.88 Å². The molecular formula is C17H25N3. The molecule has 20 heavy (non-hydrogen) atoms. The second kappa shape index (κ2) is 5.96. The van der Waals surface area contributed by atoms with Gasteiger partial charge >= 0.3 is 0 Å². The summed E-state index contributed by atoms with van der Waals surface area (Å²) in [5.74, 6) is 0. The molecule has 108 valence electrons. The second-order valence-electron chi connectivity index (χ2n) is 6.20. The van der Waals surface area contributed by atoms with E-state index in [1.807, 2.05) is 6.07 Å². The fraction of sp³-hybridized carbons (Fsp3) is 0.588. The number of nitrogens with zero attached hydrogens (tertiary/aromatic N) is 2. The van der Waals surface area contributed by atoms with E-state index in [2.05, 4.69) is 22.9 Å². The second-order valence-corrected chi connectivity index (χ2v) is 6.20. The van der Waals surface area contributed by atoms with Gasteiger partial charge in [-0.25, -0.2) is 0 Å². The standard InChI is InChI=1S/C17H25N3/c1-13-11-15(18)12-19-17(13)14-7-9-20(10-8-14)16-5-3-2-4-6-16/h7,11-12,16H,2-6,8-10,18H2,1H3. The Morgan fingerprint density at radius 2 is 2.05 bits per heavy atom. The molecular weight excluding hydrogens is 246 g/mol. The lowest BCUT2D eigenvalue weighted by Crippen LogP contribution is -2.39. The summed E-state index contributed by atoms with van der Waals surface area (Å²) in [5.41, 5.74) is 10.3. The summed E-state index contributed by atoms with van der Waals surface area (Å²) in [6.07, 6.45) is 12.3. The smallest absolute Gasteiger partial charge is 0.0690 e. The van der Waals surface area contributed by atoms with Crippen LogP contribution in [-0.2, 0) is 0 Å². The van der Waals surface area contributed by atoms with E-state index in [9.17, 15) is 0 Å². The molecule has 1 aliphatic heterocycles. The van der Waals surface area contributed by atoms with Crippen molar-refractivity contribution in [2.45, 2.75) is 51.5 Å². The Morgan fingerprint density at radius 1 is 1.25 bits per heavy atom. The minimum Gasteiger partial charge on any atom is -0.397 e. The molecule has 1 aliphatic carbocycles. The van der Waals surface area contributed by atoms with Gasteiger partial charge in [0.25, 0.3) is 0 Å². The SMILES string of the molecule is Cc1cc(N)cnc1C1=CCN(C2CCCCC2)CC1. The fourth-order valence-corrected chi connectivity index (χ4v) is 3.61. The molecule has 0 spiro atoms. The summed E-state index contributed by atoms with van der Waals surface area (Å²) in [7, 11) is 0. The van der Waals surface area contributed by atoms with Crippen molar-refractivity contribution >= 4 is 11.3 Å². The average molecular weight is 271 g/mol. The molecule has 0 atom stereocenters. The molecule has 0 aromatic carbocycles. The van der Waals surface area contributed by atoms with E-state index < -0.39 is 0 Å². The Balaban J connectivity index is 1.70. The highest BCUT2D eigenvalue weighted by Gasteiger charge is 2.23. The molecule has 3 rings (SSSR count). The number of aromatic nitrogens is 1. The monoisotopic (exact) mass is 271 g/mol. The van der Waals surface area contributed by atoms with Crippen LogP contribution < -0.4 is 5.73 Å².